The molecule has 1 N–H and O–H groups in total. The molecule has 1 atom stereocenters. The number of hydrogen-bond acceptors (Lipinski definition) is 4. The van der Waals surface area contributed by atoms with Crippen LogP contribution in [0.4, 0.5) is 0 Å². The molecule has 1 saturated heterocycles. The van der Waals surface area contributed by atoms with E-state index in [0.29, 0.717) is 24.8 Å². The SMILES string of the molecule is O=S(=O)(NCC(c1ccccc1)N1CCOCC1)c1cccc(Cl)c1. The summed E-state index contributed by atoms with van der Waals surface area (Å²) in [5.74, 6) is 0. The van der Waals surface area contributed by atoms with Crippen LogP contribution in [0, 0.1) is 0 Å². The second kappa shape index (κ2) is 8.29. The van der Waals surface area contributed by atoms with E-state index in [1.54, 1.807) is 18.2 Å². The van der Waals surface area contributed by atoms with Gasteiger partial charge in [0.25, 0.3) is 0 Å². The molecule has 1 unspecified atom stereocenters. The van der Waals surface area contributed by atoms with Crippen molar-refractivity contribution in [3.8, 4) is 0 Å². The Morgan fingerprint density at radius 1 is 1.08 bits per heavy atom. The van der Waals surface area contributed by atoms with Crippen LogP contribution in [0.5, 0.6) is 0 Å². The van der Waals surface area contributed by atoms with E-state index in [1.165, 1.54) is 6.07 Å². The third-order valence-corrected chi connectivity index (χ3v) is 5.90. The molecule has 0 bridgehead atoms. The number of benzene rings is 2. The number of sulfonamides is 1. The van der Waals surface area contributed by atoms with Crippen molar-refractivity contribution in [2.24, 2.45) is 0 Å². The van der Waals surface area contributed by atoms with Gasteiger partial charge in [0.15, 0.2) is 0 Å². The number of nitrogens with zero attached hydrogens (tertiary/aromatic N) is 1. The molecule has 5 nitrogen and oxygen atoms in total. The van der Waals surface area contributed by atoms with Crippen molar-refractivity contribution in [2.45, 2.75) is 10.9 Å². The Kier molecular flexibility index (Phi) is 6.09. The van der Waals surface area contributed by atoms with Crippen LogP contribution in [0.3, 0.4) is 0 Å². The highest BCUT2D eigenvalue weighted by Gasteiger charge is 2.25. The lowest BCUT2D eigenvalue weighted by Gasteiger charge is -2.34. The van der Waals surface area contributed by atoms with E-state index in [4.69, 9.17) is 16.3 Å². The van der Waals surface area contributed by atoms with Crippen molar-refractivity contribution in [1.82, 2.24) is 9.62 Å². The number of hydrogen-bond donors (Lipinski definition) is 1. The Labute approximate surface area is 153 Å². The van der Waals surface area contributed by atoms with Gasteiger partial charge in [-0.2, -0.15) is 0 Å². The molecule has 0 aromatic heterocycles. The Morgan fingerprint density at radius 3 is 2.48 bits per heavy atom. The summed E-state index contributed by atoms with van der Waals surface area (Å²) < 4.78 is 33.3. The minimum atomic E-state index is -3.62. The highest BCUT2D eigenvalue weighted by Crippen LogP contribution is 2.22. The zero-order chi connectivity index (χ0) is 17.7. The van der Waals surface area contributed by atoms with Crippen molar-refractivity contribution in [3.05, 3.63) is 65.2 Å². The van der Waals surface area contributed by atoms with Crippen molar-refractivity contribution >= 4 is 21.6 Å². The quantitative estimate of drug-likeness (QED) is 0.837. The summed E-state index contributed by atoms with van der Waals surface area (Å²) in [7, 11) is -3.62. The van der Waals surface area contributed by atoms with Crippen LogP contribution in [-0.4, -0.2) is 46.2 Å². The summed E-state index contributed by atoms with van der Waals surface area (Å²) in [6, 6.07) is 16.2. The second-order valence-corrected chi connectivity index (χ2v) is 8.09. The predicted octanol–water partition coefficient (Wildman–Crippen LogP) is 2.69. The molecule has 0 amide bonds. The van der Waals surface area contributed by atoms with E-state index in [2.05, 4.69) is 9.62 Å². The Morgan fingerprint density at radius 2 is 1.80 bits per heavy atom. The van der Waals surface area contributed by atoms with E-state index in [9.17, 15) is 8.42 Å². The molecule has 25 heavy (non-hydrogen) atoms. The smallest absolute Gasteiger partial charge is 0.240 e. The molecule has 0 radical (unpaired) electrons. The molecule has 1 heterocycles. The molecule has 1 aliphatic rings. The summed E-state index contributed by atoms with van der Waals surface area (Å²) in [6.07, 6.45) is 0. The fraction of sp³-hybridized carbons (Fsp3) is 0.333. The first-order valence-electron chi connectivity index (χ1n) is 8.18. The lowest BCUT2D eigenvalue weighted by molar-refractivity contribution is 0.0172. The first-order chi connectivity index (χ1) is 12.1. The molecule has 2 aromatic carbocycles. The topological polar surface area (TPSA) is 58.6 Å². The number of ether oxygens (including phenoxy) is 1. The number of halogens is 1. The maximum absolute atomic E-state index is 12.6. The molecule has 3 rings (SSSR count). The number of nitrogens with one attached hydrogen (secondary N) is 1. The van der Waals surface area contributed by atoms with Gasteiger partial charge in [-0.15, -0.1) is 0 Å². The van der Waals surface area contributed by atoms with Crippen LogP contribution in [0.2, 0.25) is 5.02 Å². The Balaban J connectivity index is 1.78. The Bertz CT molecular complexity index is 793. The van der Waals surface area contributed by atoms with Gasteiger partial charge < -0.3 is 4.74 Å². The predicted molar refractivity (Wildman–Crippen MR) is 98.2 cm³/mol. The van der Waals surface area contributed by atoms with Crippen LogP contribution in [0.15, 0.2) is 59.5 Å². The number of rotatable bonds is 6. The van der Waals surface area contributed by atoms with Gasteiger partial charge in [-0.3, -0.25) is 4.90 Å². The van der Waals surface area contributed by atoms with Gasteiger partial charge in [-0.05, 0) is 23.8 Å². The minimum Gasteiger partial charge on any atom is -0.379 e. The van der Waals surface area contributed by atoms with Gasteiger partial charge >= 0.3 is 0 Å². The highest BCUT2D eigenvalue weighted by molar-refractivity contribution is 7.89. The van der Waals surface area contributed by atoms with Crippen molar-refractivity contribution in [1.29, 1.82) is 0 Å². The zero-order valence-corrected chi connectivity index (χ0v) is 15.3. The van der Waals surface area contributed by atoms with Gasteiger partial charge in [0.1, 0.15) is 0 Å². The lowest BCUT2D eigenvalue weighted by atomic mass is 10.1. The third-order valence-electron chi connectivity index (χ3n) is 4.24. The summed E-state index contributed by atoms with van der Waals surface area (Å²) in [5, 5.41) is 0.399. The minimum absolute atomic E-state index is 0.0425. The van der Waals surface area contributed by atoms with E-state index < -0.39 is 10.0 Å². The second-order valence-electron chi connectivity index (χ2n) is 5.88. The lowest BCUT2D eigenvalue weighted by Crippen LogP contribution is -2.43. The van der Waals surface area contributed by atoms with E-state index in [1.807, 2.05) is 30.3 Å². The third kappa shape index (κ3) is 4.80. The monoisotopic (exact) mass is 380 g/mol. The normalized spacial score (nSPS) is 17.3. The van der Waals surface area contributed by atoms with Crippen LogP contribution in [-0.2, 0) is 14.8 Å². The summed E-state index contributed by atoms with van der Waals surface area (Å²) in [6.45, 7) is 3.16. The largest absolute Gasteiger partial charge is 0.379 e. The molecule has 0 saturated carbocycles. The molecular weight excluding hydrogens is 360 g/mol. The summed E-state index contributed by atoms with van der Waals surface area (Å²) in [4.78, 5) is 2.42. The Hall–Kier alpha value is -1.44. The number of morpholine rings is 1. The molecule has 1 aliphatic heterocycles. The van der Waals surface area contributed by atoms with Crippen LogP contribution in [0.1, 0.15) is 11.6 Å². The van der Waals surface area contributed by atoms with E-state index >= 15 is 0 Å². The fourth-order valence-electron chi connectivity index (χ4n) is 2.93. The van der Waals surface area contributed by atoms with Gasteiger partial charge in [-0.25, -0.2) is 13.1 Å². The van der Waals surface area contributed by atoms with Crippen molar-refractivity contribution < 1.29 is 13.2 Å². The molecule has 1 fully saturated rings. The zero-order valence-electron chi connectivity index (χ0n) is 13.8. The maximum atomic E-state index is 12.6. The average Bonchev–Trinajstić information content (AvgIpc) is 2.64. The highest BCUT2D eigenvalue weighted by atomic mass is 35.5. The summed E-state index contributed by atoms with van der Waals surface area (Å²) >= 11 is 5.92. The van der Waals surface area contributed by atoms with Gasteiger partial charge in [0.2, 0.25) is 10.0 Å². The summed E-state index contributed by atoms with van der Waals surface area (Å²) in [5.41, 5.74) is 1.08. The van der Waals surface area contributed by atoms with Crippen LogP contribution in [0.25, 0.3) is 0 Å². The van der Waals surface area contributed by atoms with E-state index in [-0.39, 0.29) is 10.9 Å². The van der Waals surface area contributed by atoms with Crippen molar-refractivity contribution in [3.63, 3.8) is 0 Å². The van der Waals surface area contributed by atoms with E-state index in [0.717, 1.165) is 18.7 Å². The van der Waals surface area contributed by atoms with Gasteiger partial charge in [0, 0.05) is 30.7 Å². The van der Waals surface area contributed by atoms with Gasteiger partial charge in [0.05, 0.1) is 18.1 Å². The maximum Gasteiger partial charge on any atom is 0.240 e. The molecule has 0 spiro atoms. The van der Waals surface area contributed by atoms with Crippen LogP contribution >= 0.6 is 11.6 Å². The van der Waals surface area contributed by atoms with Crippen LogP contribution < -0.4 is 4.72 Å². The first kappa shape index (κ1) is 18.4. The fourth-order valence-corrected chi connectivity index (χ4v) is 4.27. The molecule has 2 aromatic rings. The molecule has 0 aliphatic carbocycles. The molecular formula is C18H21ClN2O3S. The first-order valence-corrected chi connectivity index (χ1v) is 10.0. The standard InChI is InChI=1S/C18H21ClN2O3S/c19-16-7-4-8-17(13-16)25(22,23)20-14-18(15-5-2-1-3-6-15)21-9-11-24-12-10-21/h1-8,13,18,20H,9-12,14H2. The van der Waals surface area contributed by atoms with Crippen molar-refractivity contribution in [2.75, 3.05) is 32.8 Å². The van der Waals surface area contributed by atoms with Gasteiger partial charge in [-0.1, -0.05) is 48.0 Å². The average molecular weight is 381 g/mol. The molecule has 7 heteroatoms. The molecule has 134 valence electrons.